The third-order valence-electron chi connectivity index (χ3n) is 8.52. The molecule has 2 aromatic heterocycles. The van der Waals surface area contributed by atoms with Crippen LogP contribution in [0.5, 0.6) is 0 Å². The van der Waals surface area contributed by atoms with E-state index in [1.54, 1.807) is 12.4 Å². The molecule has 8 rings (SSSR count). The van der Waals surface area contributed by atoms with Crippen LogP contribution in [0, 0.1) is 0 Å². The summed E-state index contributed by atoms with van der Waals surface area (Å²) in [5.41, 5.74) is 0.619. The number of anilines is 2. The molecule has 0 aromatic carbocycles. The highest BCUT2D eigenvalue weighted by molar-refractivity contribution is 7.85. The smallest absolute Gasteiger partial charge is 0.228 e. The zero-order valence-corrected chi connectivity index (χ0v) is 19.9. The zero-order chi connectivity index (χ0) is 22.4. The van der Waals surface area contributed by atoms with Crippen molar-refractivity contribution in [2.75, 3.05) is 22.6 Å². The van der Waals surface area contributed by atoms with Gasteiger partial charge in [0.1, 0.15) is 16.5 Å². The van der Waals surface area contributed by atoms with Gasteiger partial charge in [-0.2, -0.15) is 4.98 Å². The Morgan fingerprint density at radius 1 is 1.12 bits per heavy atom. The number of fused-ring (bicyclic) bond motifs is 4. The molecule has 174 valence electrons. The maximum absolute atomic E-state index is 13.1. The molecule has 2 bridgehead atoms. The van der Waals surface area contributed by atoms with Gasteiger partial charge in [0.15, 0.2) is 0 Å². The van der Waals surface area contributed by atoms with Crippen molar-refractivity contribution in [3.05, 3.63) is 28.9 Å². The number of nitrogens with zero attached hydrogens (tertiary/aromatic N) is 5. The van der Waals surface area contributed by atoms with Crippen molar-refractivity contribution in [3.8, 4) is 0 Å². The summed E-state index contributed by atoms with van der Waals surface area (Å²) in [5, 5.41) is 14.1. The second-order valence-electron chi connectivity index (χ2n) is 10.6. The Bertz CT molecular complexity index is 1130. The van der Waals surface area contributed by atoms with Crippen molar-refractivity contribution in [3.63, 3.8) is 0 Å². The normalized spacial score (nSPS) is 32.1. The lowest BCUT2D eigenvalue weighted by Crippen LogP contribution is -2.61. The van der Waals surface area contributed by atoms with Gasteiger partial charge in [0.2, 0.25) is 5.95 Å². The first kappa shape index (κ1) is 20.5. The molecule has 3 saturated carbocycles. The monoisotopic (exact) mass is 486 g/mol. The second kappa shape index (κ2) is 7.09. The number of hydrogen-bond donors (Lipinski definition) is 2. The van der Waals surface area contributed by atoms with E-state index in [2.05, 4.69) is 20.2 Å². The minimum absolute atomic E-state index is 0.0278. The fourth-order valence-electron chi connectivity index (χ4n) is 6.26. The fourth-order valence-corrected chi connectivity index (χ4v) is 8.22. The summed E-state index contributed by atoms with van der Waals surface area (Å²) in [6, 6.07) is 0.716. The van der Waals surface area contributed by atoms with Gasteiger partial charge >= 0.3 is 0 Å². The molecule has 2 aromatic rings. The van der Waals surface area contributed by atoms with Crippen LogP contribution in [0.25, 0.3) is 0 Å². The van der Waals surface area contributed by atoms with Crippen LogP contribution in [0.1, 0.15) is 68.8 Å². The summed E-state index contributed by atoms with van der Waals surface area (Å²) < 4.78 is 13.1. The van der Waals surface area contributed by atoms with E-state index < -0.39 is 10.8 Å². The van der Waals surface area contributed by atoms with Crippen molar-refractivity contribution >= 4 is 34.2 Å². The van der Waals surface area contributed by atoms with Crippen LogP contribution in [-0.2, 0) is 16.2 Å². The van der Waals surface area contributed by atoms with Crippen LogP contribution in [-0.4, -0.2) is 59.2 Å². The van der Waals surface area contributed by atoms with Gasteiger partial charge in [0, 0.05) is 41.6 Å². The second-order valence-corrected chi connectivity index (χ2v) is 12.4. The molecular formula is C23H27ClN6O2S. The number of rotatable bonds is 5. The number of aliphatic hydroxyl groups is 1. The third-order valence-corrected chi connectivity index (χ3v) is 10.4. The van der Waals surface area contributed by atoms with E-state index in [-0.39, 0.29) is 17.6 Å². The molecule has 8 nitrogen and oxygen atoms in total. The largest absolute Gasteiger partial charge is 0.394 e. The van der Waals surface area contributed by atoms with Crippen molar-refractivity contribution in [1.29, 1.82) is 0 Å². The molecular weight excluding hydrogens is 460 g/mol. The molecule has 3 aliphatic carbocycles. The molecule has 0 radical (unpaired) electrons. The van der Waals surface area contributed by atoms with Gasteiger partial charge in [0.25, 0.3) is 0 Å². The standard InChI is InChI=1S/C23H27ClN6O2S/c24-14-9-25-19(26-10-14)13-6-15-8-16(7-13)30(15)21-27-18-17(33(32)12-22(18)4-5-22)20(28-21)29-23(11-31)2-1-3-23/h9-10,13,15-16,31H,1-8,11-12H2,(H,27,28,29)/t13?,15?,16?,33-/m0/s1. The molecule has 3 aliphatic heterocycles. The number of hydrogen-bond acceptors (Lipinski definition) is 8. The van der Waals surface area contributed by atoms with Gasteiger partial charge in [-0.05, 0) is 51.4 Å². The van der Waals surface area contributed by atoms with Crippen LogP contribution >= 0.6 is 11.6 Å². The predicted molar refractivity (Wildman–Crippen MR) is 125 cm³/mol. The SMILES string of the molecule is O=[S@]1CC2(CC2)c2nc(N3C4CC(c5ncc(Cl)cn5)CC3C4)nc(NC3(CO)CCC3)c21. The Morgan fingerprint density at radius 3 is 2.45 bits per heavy atom. The van der Waals surface area contributed by atoms with Gasteiger partial charge in [-0.3, -0.25) is 4.21 Å². The molecule has 1 spiro atoms. The van der Waals surface area contributed by atoms with E-state index in [0.717, 1.165) is 73.7 Å². The van der Waals surface area contributed by atoms with Gasteiger partial charge < -0.3 is 15.3 Å². The van der Waals surface area contributed by atoms with Crippen molar-refractivity contribution in [1.82, 2.24) is 19.9 Å². The van der Waals surface area contributed by atoms with E-state index in [9.17, 15) is 9.32 Å². The van der Waals surface area contributed by atoms with E-state index in [0.29, 0.717) is 34.6 Å². The first-order valence-corrected chi connectivity index (χ1v) is 13.6. The Labute approximate surface area is 200 Å². The lowest BCUT2D eigenvalue weighted by molar-refractivity contribution is 0.143. The highest BCUT2D eigenvalue weighted by Crippen LogP contribution is 2.57. The van der Waals surface area contributed by atoms with E-state index >= 15 is 0 Å². The van der Waals surface area contributed by atoms with Crippen LogP contribution < -0.4 is 10.2 Å². The molecule has 0 amide bonds. The summed E-state index contributed by atoms with van der Waals surface area (Å²) in [7, 11) is -1.09. The topological polar surface area (TPSA) is 104 Å². The Morgan fingerprint density at radius 2 is 1.85 bits per heavy atom. The molecule has 33 heavy (non-hydrogen) atoms. The minimum atomic E-state index is -1.09. The molecule has 10 heteroatoms. The molecule has 6 aliphatic rings. The Hall–Kier alpha value is -1.84. The predicted octanol–water partition coefficient (Wildman–Crippen LogP) is 2.92. The highest BCUT2D eigenvalue weighted by Gasteiger charge is 2.56. The minimum Gasteiger partial charge on any atom is -0.394 e. The number of aliphatic hydroxyl groups excluding tert-OH is 1. The van der Waals surface area contributed by atoms with Crippen LogP contribution in [0.15, 0.2) is 17.3 Å². The summed E-state index contributed by atoms with van der Waals surface area (Å²) >= 11 is 5.97. The van der Waals surface area contributed by atoms with Gasteiger partial charge in [-0.1, -0.05) is 11.6 Å². The number of halogens is 1. The number of aromatic nitrogens is 4. The highest BCUT2D eigenvalue weighted by atomic mass is 35.5. The molecule has 2 N–H and O–H groups in total. The maximum Gasteiger partial charge on any atom is 0.228 e. The third kappa shape index (κ3) is 3.08. The lowest BCUT2D eigenvalue weighted by atomic mass is 9.73. The first-order chi connectivity index (χ1) is 16.0. The lowest BCUT2D eigenvalue weighted by Gasteiger charge is -2.55. The Kier molecular flexibility index (Phi) is 4.41. The van der Waals surface area contributed by atoms with Gasteiger partial charge in [-0.25, -0.2) is 15.0 Å². The van der Waals surface area contributed by atoms with Crippen molar-refractivity contribution in [2.45, 2.75) is 85.2 Å². The molecule has 3 atom stereocenters. The first-order valence-electron chi connectivity index (χ1n) is 11.9. The van der Waals surface area contributed by atoms with Crippen LogP contribution in [0.2, 0.25) is 5.02 Å². The zero-order valence-electron chi connectivity index (χ0n) is 18.3. The molecule has 5 fully saturated rings. The molecule has 2 unspecified atom stereocenters. The van der Waals surface area contributed by atoms with Crippen molar-refractivity contribution in [2.24, 2.45) is 0 Å². The maximum atomic E-state index is 13.1. The Balaban J connectivity index is 1.22. The molecule has 5 heterocycles. The van der Waals surface area contributed by atoms with Gasteiger partial charge in [-0.15, -0.1) is 0 Å². The average molecular weight is 487 g/mol. The van der Waals surface area contributed by atoms with E-state index in [1.165, 1.54) is 0 Å². The summed E-state index contributed by atoms with van der Waals surface area (Å²) in [6.07, 6.45) is 11.4. The van der Waals surface area contributed by atoms with Crippen LogP contribution in [0.3, 0.4) is 0 Å². The molecule has 2 saturated heterocycles. The van der Waals surface area contributed by atoms with Crippen LogP contribution in [0.4, 0.5) is 11.8 Å². The van der Waals surface area contributed by atoms with Crippen molar-refractivity contribution < 1.29 is 9.32 Å². The van der Waals surface area contributed by atoms with E-state index in [4.69, 9.17) is 21.6 Å². The summed E-state index contributed by atoms with van der Waals surface area (Å²) in [5.74, 6) is 3.29. The quantitative estimate of drug-likeness (QED) is 0.664. The number of nitrogens with one attached hydrogen (secondary N) is 1. The number of piperidine rings is 1. The average Bonchev–Trinajstić information content (AvgIpc) is 3.50. The summed E-state index contributed by atoms with van der Waals surface area (Å²) in [6.45, 7) is 0.0661. The van der Waals surface area contributed by atoms with Gasteiger partial charge in [0.05, 0.1) is 33.7 Å². The van der Waals surface area contributed by atoms with E-state index in [1.807, 2.05) is 0 Å². The summed E-state index contributed by atoms with van der Waals surface area (Å²) in [4.78, 5) is 22.1. The fraction of sp³-hybridized carbons (Fsp3) is 0.652.